The molecule has 0 unspecified atom stereocenters. The van der Waals surface area contributed by atoms with Gasteiger partial charge in [-0.2, -0.15) is 0 Å². The summed E-state index contributed by atoms with van der Waals surface area (Å²) in [6.45, 7) is 1.35. The molecule has 2 rings (SSSR count). The average Bonchev–Trinajstić information content (AvgIpc) is 2.87. The summed E-state index contributed by atoms with van der Waals surface area (Å²) in [5.74, 6) is -1.01. The lowest BCUT2D eigenvalue weighted by atomic mass is 10.2. The molecule has 5 heteroatoms. The normalized spacial score (nSPS) is 15.6. The second kappa shape index (κ2) is 6.78. The molecule has 0 amide bonds. The van der Waals surface area contributed by atoms with Crippen molar-refractivity contribution in [3.8, 4) is 0 Å². The predicted octanol–water partition coefficient (Wildman–Crippen LogP) is 3.41. The van der Waals surface area contributed by atoms with Crippen LogP contribution >= 0.6 is 11.6 Å². The summed E-state index contributed by atoms with van der Waals surface area (Å²) in [5, 5.41) is 12.3. The largest absolute Gasteiger partial charge is 0.478 e. The summed E-state index contributed by atoms with van der Waals surface area (Å²) < 4.78 is 5.73. The van der Waals surface area contributed by atoms with Gasteiger partial charge in [-0.3, -0.25) is 0 Å². The summed E-state index contributed by atoms with van der Waals surface area (Å²) in [5.41, 5.74) is 0.930. The molecule has 0 heterocycles. The van der Waals surface area contributed by atoms with Crippen LogP contribution in [-0.2, 0) is 4.74 Å². The van der Waals surface area contributed by atoms with E-state index in [0.29, 0.717) is 19.3 Å². The Morgan fingerprint density at radius 2 is 2.16 bits per heavy atom. The summed E-state index contributed by atoms with van der Waals surface area (Å²) in [6.07, 6.45) is 5.28. The second-order valence-electron chi connectivity index (χ2n) is 4.70. The van der Waals surface area contributed by atoms with E-state index in [9.17, 15) is 4.79 Å². The molecule has 0 radical (unpaired) electrons. The highest BCUT2D eigenvalue weighted by molar-refractivity contribution is 6.33. The Kier molecular flexibility index (Phi) is 5.05. The van der Waals surface area contributed by atoms with Gasteiger partial charge >= 0.3 is 5.97 Å². The molecule has 0 atom stereocenters. The quantitative estimate of drug-likeness (QED) is 0.786. The van der Waals surface area contributed by atoms with E-state index in [1.165, 1.54) is 31.7 Å². The minimum atomic E-state index is -1.01. The highest BCUT2D eigenvalue weighted by Gasteiger charge is 2.14. The van der Waals surface area contributed by atoms with Crippen LogP contribution in [0.2, 0.25) is 5.02 Å². The molecule has 4 nitrogen and oxygen atoms in total. The molecule has 1 aromatic carbocycles. The second-order valence-corrected chi connectivity index (χ2v) is 5.11. The lowest BCUT2D eigenvalue weighted by Crippen LogP contribution is -2.15. The third kappa shape index (κ3) is 4.11. The van der Waals surface area contributed by atoms with Crippen LogP contribution in [0.5, 0.6) is 0 Å². The molecular weight excluding hydrogens is 266 g/mol. The molecule has 0 saturated heterocycles. The molecule has 1 fully saturated rings. The van der Waals surface area contributed by atoms with Gasteiger partial charge in [0.1, 0.15) is 0 Å². The van der Waals surface area contributed by atoms with Gasteiger partial charge in [0, 0.05) is 12.2 Å². The Hall–Kier alpha value is -1.26. The van der Waals surface area contributed by atoms with Crippen molar-refractivity contribution in [3.05, 3.63) is 28.8 Å². The van der Waals surface area contributed by atoms with Crippen LogP contribution in [-0.4, -0.2) is 30.3 Å². The molecule has 1 aliphatic rings. The van der Waals surface area contributed by atoms with Gasteiger partial charge in [-0.15, -0.1) is 0 Å². The van der Waals surface area contributed by atoms with Gasteiger partial charge in [0.15, 0.2) is 0 Å². The molecule has 0 spiro atoms. The van der Waals surface area contributed by atoms with Crippen molar-refractivity contribution >= 4 is 23.3 Å². The zero-order chi connectivity index (χ0) is 13.7. The minimum Gasteiger partial charge on any atom is -0.478 e. The summed E-state index contributed by atoms with van der Waals surface area (Å²) in [4.78, 5) is 10.8. The lowest BCUT2D eigenvalue weighted by Gasteiger charge is -2.12. The number of nitrogens with one attached hydrogen (secondary N) is 1. The van der Waals surface area contributed by atoms with Crippen LogP contribution in [0, 0.1) is 0 Å². The van der Waals surface area contributed by atoms with E-state index in [1.807, 2.05) is 0 Å². The Morgan fingerprint density at radius 1 is 1.42 bits per heavy atom. The van der Waals surface area contributed by atoms with Crippen LogP contribution in [0.4, 0.5) is 5.69 Å². The molecule has 19 heavy (non-hydrogen) atoms. The zero-order valence-electron chi connectivity index (χ0n) is 10.7. The Labute approximate surface area is 117 Å². The monoisotopic (exact) mass is 283 g/mol. The third-order valence-electron chi connectivity index (χ3n) is 3.29. The topological polar surface area (TPSA) is 58.6 Å². The Morgan fingerprint density at radius 3 is 2.79 bits per heavy atom. The molecule has 104 valence electrons. The van der Waals surface area contributed by atoms with Crippen molar-refractivity contribution in [3.63, 3.8) is 0 Å². The van der Waals surface area contributed by atoms with Crippen molar-refractivity contribution in [2.45, 2.75) is 31.8 Å². The van der Waals surface area contributed by atoms with E-state index in [2.05, 4.69) is 5.32 Å². The molecule has 1 aromatic rings. The van der Waals surface area contributed by atoms with Crippen LogP contribution in [0.25, 0.3) is 0 Å². The number of hydrogen-bond donors (Lipinski definition) is 2. The maximum absolute atomic E-state index is 10.8. The number of carboxylic acids is 1. The molecule has 1 saturated carbocycles. The van der Waals surface area contributed by atoms with E-state index in [1.54, 1.807) is 12.1 Å². The van der Waals surface area contributed by atoms with Crippen molar-refractivity contribution in [1.29, 1.82) is 0 Å². The van der Waals surface area contributed by atoms with Crippen LogP contribution < -0.4 is 5.32 Å². The average molecular weight is 284 g/mol. The fraction of sp³-hybridized carbons (Fsp3) is 0.500. The lowest BCUT2D eigenvalue weighted by molar-refractivity contribution is 0.0658. The van der Waals surface area contributed by atoms with Crippen LogP contribution in [0.3, 0.4) is 0 Å². The maximum Gasteiger partial charge on any atom is 0.337 e. The van der Waals surface area contributed by atoms with Crippen molar-refractivity contribution in [1.82, 2.24) is 0 Å². The first-order chi connectivity index (χ1) is 9.16. The maximum atomic E-state index is 10.8. The van der Waals surface area contributed by atoms with Gasteiger partial charge in [0.05, 0.1) is 23.3 Å². The molecular formula is C14H18ClNO3. The minimum absolute atomic E-state index is 0.120. The first kappa shape index (κ1) is 14.2. The van der Waals surface area contributed by atoms with Crippen LogP contribution in [0.1, 0.15) is 36.0 Å². The summed E-state index contributed by atoms with van der Waals surface area (Å²) in [6, 6.07) is 4.84. The van der Waals surface area contributed by atoms with Gasteiger partial charge < -0.3 is 15.2 Å². The first-order valence-corrected chi connectivity index (χ1v) is 6.93. The number of ether oxygens (including phenoxy) is 1. The number of hydrogen-bond acceptors (Lipinski definition) is 3. The van der Waals surface area contributed by atoms with E-state index in [-0.39, 0.29) is 10.6 Å². The van der Waals surface area contributed by atoms with Gasteiger partial charge in [-0.25, -0.2) is 4.79 Å². The first-order valence-electron chi connectivity index (χ1n) is 6.55. The van der Waals surface area contributed by atoms with Gasteiger partial charge in [0.25, 0.3) is 0 Å². The fourth-order valence-electron chi connectivity index (χ4n) is 2.27. The Bertz CT molecular complexity index is 444. The van der Waals surface area contributed by atoms with E-state index in [4.69, 9.17) is 21.4 Å². The molecule has 2 N–H and O–H groups in total. The number of anilines is 1. The molecule has 0 bridgehead atoms. The third-order valence-corrected chi connectivity index (χ3v) is 3.60. The zero-order valence-corrected chi connectivity index (χ0v) is 11.4. The molecule has 0 aromatic heterocycles. The number of halogens is 1. The molecule has 0 aliphatic heterocycles. The number of carboxylic acid groups (broad SMARTS) is 1. The van der Waals surface area contributed by atoms with Crippen molar-refractivity contribution < 1.29 is 14.6 Å². The van der Waals surface area contributed by atoms with Gasteiger partial charge in [-0.1, -0.05) is 24.4 Å². The number of benzene rings is 1. The fourth-order valence-corrected chi connectivity index (χ4v) is 2.54. The standard InChI is InChI=1S/C14H18ClNO3/c15-13-9-10(5-6-12(13)14(17)18)16-7-8-19-11-3-1-2-4-11/h5-6,9,11,16H,1-4,7-8H2,(H,17,18). The van der Waals surface area contributed by atoms with Crippen LogP contribution in [0.15, 0.2) is 18.2 Å². The Balaban J connectivity index is 1.76. The number of rotatable bonds is 6. The summed E-state index contributed by atoms with van der Waals surface area (Å²) in [7, 11) is 0. The van der Waals surface area contributed by atoms with Gasteiger partial charge in [0.2, 0.25) is 0 Å². The number of aromatic carboxylic acids is 1. The summed E-state index contributed by atoms with van der Waals surface area (Å²) >= 11 is 5.89. The van der Waals surface area contributed by atoms with E-state index < -0.39 is 5.97 Å². The van der Waals surface area contributed by atoms with Gasteiger partial charge in [-0.05, 0) is 31.0 Å². The van der Waals surface area contributed by atoms with E-state index in [0.717, 1.165) is 5.69 Å². The highest BCUT2D eigenvalue weighted by atomic mass is 35.5. The predicted molar refractivity (Wildman–Crippen MR) is 75.1 cm³/mol. The SMILES string of the molecule is O=C(O)c1ccc(NCCOC2CCCC2)cc1Cl. The highest BCUT2D eigenvalue weighted by Crippen LogP contribution is 2.22. The smallest absolute Gasteiger partial charge is 0.337 e. The van der Waals surface area contributed by atoms with Crippen molar-refractivity contribution in [2.75, 3.05) is 18.5 Å². The number of carbonyl (C=O) groups is 1. The molecule has 1 aliphatic carbocycles. The van der Waals surface area contributed by atoms with Crippen molar-refractivity contribution in [2.24, 2.45) is 0 Å². The van der Waals surface area contributed by atoms with E-state index >= 15 is 0 Å².